The summed E-state index contributed by atoms with van der Waals surface area (Å²) in [6.45, 7) is 6.19. The lowest BCUT2D eigenvalue weighted by molar-refractivity contribution is 0.104. The third-order valence-corrected chi connectivity index (χ3v) is 5.05. The second-order valence-electron chi connectivity index (χ2n) is 6.23. The summed E-state index contributed by atoms with van der Waals surface area (Å²) >= 11 is 0. The van der Waals surface area contributed by atoms with Crippen LogP contribution in [0.1, 0.15) is 37.7 Å². The van der Waals surface area contributed by atoms with Crippen LogP contribution < -0.4 is 10.5 Å². The van der Waals surface area contributed by atoms with E-state index in [1.807, 2.05) is 0 Å². The van der Waals surface area contributed by atoms with Crippen LogP contribution in [0.5, 0.6) is 5.75 Å². The van der Waals surface area contributed by atoms with Crippen molar-refractivity contribution in [3.8, 4) is 5.75 Å². The molecule has 2 aliphatic heterocycles. The number of nitrogens with two attached hydrogens (primary N) is 1. The van der Waals surface area contributed by atoms with E-state index < -0.39 is 0 Å². The van der Waals surface area contributed by atoms with E-state index in [2.05, 4.69) is 36.1 Å². The van der Waals surface area contributed by atoms with Crippen molar-refractivity contribution in [2.45, 2.75) is 38.1 Å². The van der Waals surface area contributed by atoms with Crippen molar-refractivity contribution in [1.29, 1.82) is 0 Å². The standard InChI is InChI=1S/C17H26N2O/c1-2-13-7-8-19(15(9-13)10-18)11-14-12-20-17-6-4-3-5-16(14)17/h3-6,13-15H,2,7-12,18H2,1H3. The molecule has 0 radical (unpaired) electrons. The highest BCUT2D eigenvalue weighted by Crippen LogP contribution is 2.35. The van der Waals surface area contributed by atoms with E-state index in [-0.39, 0.29) is 0 Å². The van der Waals surface area contributed by atoms with Crippen LogP contribution in [0.25, 0.3) is 0 Å². The highest BCUT2D eigenvalue weighted by atomic mass is 16.5. The number of hydrogen-bond acceptors (Lipinski definition) is 3. The summed E-state index contributed by atoms with van der Waals surface area (Å²) < 4.78 is 5.81. The van der Waals surface area contributed by atoms with Crippen molar-refractivity contribution in [3.05, 3.63) is 29.8 Å². The van der Waals surface area contributed by atoms with E-state index in [4.69, 9.17) is 10.5 Å². The molecule has 3 rings (SSSR count). The zero-order valence-electron chi connectivity index (χ0n) is 12.4. The highest BCUT2D eigenvalue weighted by molar-refractivity contribution is 5.39. The summed E-state index contributed by atoms with van der Waals surface area (Å²) in [6.07, 6.45) is 3.88. The van der Waals surface area contributed by atoms with E-state index >= 15 is 0 Å². The molecule has 0 spiro atoms. The molecule has 2 heterocycles. The Labute approximate surface area is 122 Å². The van der Waals surface area contributed by atoms with Crippen LogP contribution in [0.3, 0.4) is 0 Å². The molecule has 1 aromatic carbocycles. The first-order valence-electron chi connectivity index (χ1n) is 7.97. The first kappa shape index (κ1) is 13.9. The SMILES string of the molecule is CCC1CCN(CC2COc3ccccc32)C(CN)C1. The minimum absolute atomic E-state index is 0.512. The first-order valence-corrected chi connectivity index (χ1v) is 7.97. The van der Waals surface area contributed by atoms with Crippen molar-refractivity contribution < 1.29 is 4.74 Å². The van der Waals surface area contributed by atoms with E-state index in [0.717, 1.165) is 31.4 Å². The summed E-state index contributed by atoms with van der Waals surface area (Å²) in [7, 11) is 0. The van der Waals surface area contributed by atoms with Gasteiger partial charge in [-0.05, 0) is 31.4 Å². The van der Waals surface area contributed by atoms with Crippen molar-refractivity contribution in [2.24, 2.45) is 11.7 Å². The number of rotatable bonds is 4. The highest BCUT2D eigenvalue weighted by Gasteiger charge is 2.31. The Balaban J connectivity index is 1.66. The Kier molecular flexibility index (Phi) is 4.27. The van der Waals surface area contributed by atoms with E-state index in [9.17, 15) is 0 Å². The molecule has 3 atom stereocenters. The molecule has 1 fully saturated rings. The summed E-state index contributed by atoms with van der Waals surface area (Å²) in [4.78, 5) is 2.60. The lowest BCUT2D eigenvalue weighted by atomic mass is 9.88. The molecule has 20 heavy (non-hydrogen) atoms. The maximum Gasteiger partial charge on any atom is 0.122 e. The molecule has 1 saturated heterocycles. The van der Waals surface area contributed by atoms with E-state index in [1.165, 1.54) is 31.4 Å². The zero-order valence-corrected chi connectivity index (χ0v) is 12.4. The largest absolute Gasteiger partial charge is 0.493 e. The van der Waals surface area contributed by atoms with Gasteiger partial charge in [0.1, 0.15) is 5.75 Å². The van der Waals surface area contributed by atoms with Crippen molar-refractivity contribution in [2.75, 3.05) is 26.2 Å². The molecule has 0 saturated carbocycles. The molecule has 2 aliphatic rings. The number of piperidine rings is 1. The Bertz CT molecular complexity index is 448. The minimum Gasteiger partial charge on any atom is -0.493 e. The van der Waals surface area contributed by atoms with Gasteiger partial charge in [0.2, 0.25) is 0 Å². The third kappa shape index (κ3) is 2.70. The molecule has 0 bridgehead atoms. The fourth-order valence-corrected chi connectivity index (χ4v) is 3.70. The Morgan fingerprint density at radius 3 is 3.00 bits per heavy atom. The van der Waals surface area contributed by atoms with Crippen LogP contribution in [0.15, 0.2) is 24.3 Å². The fraction of sp³-hybridized carbons (Fsp3) is 0.647. The van der Waals surface area contributed by atoms with Gasteiger partial charge in [-0.3, -0.25) is 4.90 Å². The molecular formula is C17H26N2O. The molecule has 3 unspecified atom stereocenters. The van der Waals surface area contributed by atoms with Gasteiger partial charge < -0.3 is 10.5 Å². The second kappa shape index (κ2) is 6.15. The van der Waals surface area contributed by atoms with Gasteiger partial charge in [-0.2, -0.15) is 0 Å². The molecule has 3 heteroatoms. The van der Waals surface area contributed by atoms with Gasteiger partial charge in [0.15, 0.2) is 0 Å². The van der Waals surface area contributed by atoms with Gasteiger partial charge in [0.05, 0.1) is 6.61 Å². The topological polar surface area (TPSA) is 38.5 Å². The van der Waals surface area contributed by atoms with Gasteiger partial charge in [-0.1, -0.05) is 31.5 Å². The Morgan fingerprint density at radius 2 is 2.20 bits per heavy atom. The number of likely N-dealkylation sites (tertiary alicyclic amines) is 1. The molecule has 2 N–H and O–H groups in total. The van der Waals surface area contributed by atoms with Gasteiger partial charge in [-0.15, -0.1) is 0 Å². The van der Waals surface area contributed by atoms with E-state index in [1.54, 1.807) is 0 Å². The predicted octanol–water partition coefficient (Wildman–Crippen LogP) is 2.61. The molecule has 1 aromatic rings. The molecular weight excluding hydrogens is 248 g/mol. The predicted molar refractivity (Wildman–Crippen MR) is 82.1 cm³/mol. The number of ether oxygens (including phenoxy) is 1. The smallest absolute Gasteiger partial charge is 0.122 e. The monoisotopic (exact) mass is 274 g/mol. The number of para-hydroxylation sites is 1. The quantitative estimate of drug-likeness (QED) is 0.917. The van der Waals surface area contributed by atoms with Crippen LogP contribution >= 0.6 is 0 Å². The lowest BCUT2D eigenvalue weighted by Crippen LogP contribution is -2.48. The minimum atomic E-state index is 0.512. The van der Waals surface area contributed by atoms with Crippen LogP contribution in [-0.4, -0.2) is 37.2 Å². The van der Waals surface area contributed by atoms with E-state index in [0.29, 0.717) is 12.0 Å². The van der Waals surface area contributed by atoms with Crippen LogP contribution in [-0.2, 0) is 0 Å². The molecule has 0 aliphatic carbocycles. The van der Waals surface area contributed by atoms with Crippen LogP contribution in [0.2, 0.25) is 0 Å². The van der Waals surface area contributed by atoms with Gasteiger partial charge in [-0.25, -0.2) is 0 Å². The summed E-state index contributed by atoms with van der Waals surface area (Å²) in [6, 6.07) is 9.02. The Morgan fingerprint density at radius 1 is 1.35 bits per heavy atom. The van der Waals surface area contributed by atoms with Crippen LogP contribution in [0.4, 0.5) is 0 Å². The third-order valence-electron chi connectivity index (χ3n) is 5.05. The Hall–Kier alpha value is -1.06. The average Bonchev–Trinajstić information content (AvgIpc) is 2.91. The number of fused-ring (bicyclic) bond motifs is 1. The summed E-state index contributed by atoms with van der Waals surface area (Å²) in [5.41, 5.74) is 7.38. The van der Waals surface area contributed by atoms with Gasteiger partial charge >= 0.3 is 0 Å². The number of hydrogen-bond donors (Lipinski definition) is 1. The molecule has 0 amide bonds. The average molecular weight is 274 g/mol. The maximum atomic E-state index is 6.01. The molecule has 0 aromatic heterocycles. The second-order valence-corrected chi connectivity index (χ2v) is 6.23. The number of benzene rings is 1. The van der Waals surface area contributed by atoms with Gasteiger partial charge in [0.25, 0.3) is 0 Å². The number of nitrogens with zero attached hydrogens (tertiary/aromatic N) is 1. The first-order chi connectivity index (χ1) is 9.81. The van der Waals surface area contributed by atoms with Crippen molar-refractivity contribution in [3.63, 3.8) is 0 Å². The maximum absolute atomic E-state index is 6.01. The summed E-state index contributed by atoms with van der Waals surface area (Å²) in [5.74, 6) is 2.45. The normalized spacial score (nSPS) is 30.0. The zero-order chi connectivity index (χ0) is 13.9. The van der Waals surface area contributed by atoms with Crippen molar-refractivity contribution in [1.82, 2.24) is 4.90 Å². The summed E-state index contributed by atoms with van der Waals surface area (Å²) in [5, 5.41) is 0. The van der Waals surface area contributed by atoms with Gasteiger partial charge in [0, 0.05) is 30.6 Å². The van der Waals surface area contributed by atoms with Crippen molar-refractivity contribution >= 4 is 0 Å². The molecule has 3 nitrogen and oxygen atoms in total. The fourth-order valence-electron chi connectivity index (χ4n) is 3.70. The lowest BCUT2D eigenvalue weighted by Gasteiger charge is -2.40. The molecule has 110 valence electrons. The van der Waals surface area contributed by atoms with Crippen LogP contribution in [0, 0.1) is 5.92 Å².